The lowest BCUT2D eigenvalue weighted by Crippen LogP contribution is -2.39. The Balaban J connectivity index is 1.96. The molecule has 0 aromatic carbocycles. The molecule has 0 amide bonds. The molecule has 0 spiro atoms. The summed E-state index contributed by atoms with van der Waals surface area (Å²) in [7, 11) is 0. The van der Waals surface area contributed by atoms with E-state index in [9.17, 15) is 0 Å². The third kappa shape index (κ3) is 3.73. The van der Waals surface area contributed by atoms with Crippen LogP contribution in [0.4, 0.5) is 11.6 Å². The van der Waals surface area contributed by atoms with Crippen molar-refractivity contribution in [1.82, 2.24) is 14.9 Å². The minimum atomic E-state index is 0.522. The van der Waals surface area contributed by atoms with Gasteiger partial charge in [0.25, 0.3) is 0 Å². The number of nitrogens with two attached hydrogens (primary N) is 1. The van der Waals surface area contributed by atoms with Crippen molar-refractivity contribution in [3.05, 3.63) is 6.07 Å². The van der Waals surface area contributed by atoms with Crippen molar-refractivity contribution in [2.75, 3.05) is 30.4 Å². The standard InChI is InChI=1S/C13H23N5S/c1-9(2)18-6-4-5-10(18)8-15-12-7-11(14)16-13(17-12)19-3/h7,9-10H,4-6,8H2,1-3H3,(H3,14,15,16,17). The molecule has 1 aliphatic heterocycles. The smallest absolute Gasteiger partial charge is 0.191 e. The molecule has 1 aromatic rings. The van der Waals surface area contributed by atoms with E-state index in [4.69, 9.17) is 5.73 Å². The van der Waals surface area contributed by atoms with Crippen molar-refractivity contribution in [1.29, 1.82) is 0 Å². The van der Waals surface area contributed by atoms with Gasteiger partial charge in [-0.15, -0.1) is 0 Å². The molecule has 3 N–H and O–H groups in total. The number of aromatic nitrogens is 2. The Hall–Kier alpha value is -1.01. The highest BCUT2D eigenvalue weighted by Crippen LogP contribution is 2.21. The predicted molar refractivity (Wildman–Crippen MR) is 81.6 cm³/mol. The topological polar surface area (TPSA) is 67.1 Å². The number of hydrogen-bond donors (Lipinski definition) is 2. The van der Waals surface area contributed by atoms with Gasteiger partial charge in [-0.2, -0.15) is 0 Å². The average Bonchev–Trinajstić information content (AvgIpc) is 2.84. The molecule has 6 heteroatoms. The van der Waals surface area contributed by atoms with E-state index in [1.165, 1.54) is 31.1 Å². The Kier molecular flexibility index (Phi) is 4.87. The molecular weight excluding hydrogens is 258 g/mol. The molecular formula is C13H23N5S. The second-order valence-electron chi connectivity index (χ2n) is 5.17. The Bertz CT molecular complexity index is 423. The molecule has 0 bridgehead atoms. The van der Waals surface area contributed by atoms with Gasteiger partial charge in [0.05, 0.1) is 0 Å². The Morgan fingerprint density at radius 3 is 3.00 bits per heavy atom. The Morgan fingerprint density at radius 2 is 2.32 bits per heavy atom. The first kappa shape index (κ1) is 14.4. The molecule has 0 aliphatic carbocycles. The summed E-state index contributed by atoms with van der Waals surface area (Å²) in [4.78, 5) is 11.1. The summed E-state index contributed by atoms with van der Waals surface area (Å²) in [6.45, 7) is 6.63. The second kappa shape index (κ2) is 6.43. The maximum absolute atomic E-state index is 5.78. The lowest BCUT2D eigenvalue weighted by molar-refractivity contribution is 0.211. The van der Waals surface area contributed by atoms with E-state index in [2.05, 4.69) is 34.0 Å². The van der Waals surface area contributed by atoms with Gasteiger partial charge in [0.1, 0.15) is 11.6 Å². The molecule has 2 heterocycles. The van der Waals surface area contributed by atoms with Crippen LogP contribution in [-0.2, 0) is 0 Å². The highest BCUT2D eigenvalue weighted by Gasteiger charge is 2.26. The summed E-state index contributed by atoms with van der Waals surface area (Å²) < 4.78 is 0. The summed E-state index contributed by atoms with van der Waals surface area (Å²) in [6.07, 6.45) is 4.49. The second-order valence-corrected chi connectivity index (χ2v) is 5.95. The molecule has 1 fully saturated rings. The van der Waals surface area contributed by atoms with Gasteiger partial charge < -0.3 is 11.1 Å². The van der Waals surface area contributed by atoms with Crippen LogP contribution in [0.15, 0.2) is 11.2 Å². The molecule has 106 valence electrons. The third-order valence-electron chi connectivity index (χ3n) is 3.51. The fraction of sp³-hybridized carbons (Fsp3) is 0.692. The van der Waals surface area contributed by atoms with Crippen molar-refractivity contribution >= 4 is 23.4 Å². The number of hydrogen-bond acceptors (Lipinski definition) is 6. The van der Waals surface area contributed by atoms with Gasteiger partial charge in [0.2, 0.25) is 0 Å². The lowest BCUT2D eigenvalue weighted by Gasteiger charge is -2.28. The Morgan fingerprint density at radius 1 is 1.53 bits per heavy atom. The van der Waals surface area contributed by atoms with Crippen molar-refractivity contribution in [2.24, 2.45) is 0 Å². The minimum Gasteiger partial charge on any atom is -0.383 e. The predicted octanol–water partition coefficient (Wildman–Crippen LogP) is 2.07. The first-order valence-electron chi connectivity index (χ1n) is 6.78. The maximum atomic E-state index is 5.78. The number of likely N-dealkylation sites (tertiary alicyclic amines) is 1. The number of nitrogens with zero attached hydrogens (tertiary/aromatic N) is 3. The van der Waals surface area contributed by atoms with Crippen LogP contribution in [0.3, 0.4) is 0 Å². The average molecular weight is 281 g/mol. The number of nitrogens with one attached hydrogen (secondary N) is 1. The summed E-state index contributed by atoms with van der Waals surface area (Å²) in [5.41, 5.74) is 5.78. The maximum Gasteiger partial charge on any atom is 0.191 e. The van der Waals surface area contributed by atoms with Gasteiger partial charge in [0, 0.05) is 24.7 Å². The van der Waals surface area contributed by atoms with Crippen LogP contribution in [-0.4, -0.2) is 46.3 Å². The first-order chi connectivity index (χ1) is 9.10. The molecule has 19 heavy (non-hydrogen) atoms. The van der Waals surface area contributed by atoms with Crippen LogP contribution in [0.25, 0.3) is 0 Å². The van der Waals surface area contributed by atoms with Gasteiger partial charge >= 0.3 is 0 Å². The molecule has 0 saturated carbocycles. The summed E-state index contributed by atoms with van der Waals surface area (Å²) in [5, 5.41) is 4.12. The summed E-state index contributed by atoms with van der Waals surface area (Å²) in [6, 6.07) is 2.99. The van der Waals surface area contributed by atoms with E-state index < -0.39 is 0 Å². The van der Waals surface area contributed by atoms with E-state index in [0.29, 0.717) is 17.9 Å². The molecule has 1 aliphatic rings. The van der Waals surface area contributed by atoms with Crippen LogP contribution in [0.2, 0.25) is 0 Å². The molecule has 1 atom stereocenters. The molecule has 2 rings (SSSR count). The monoisotopic (exact) mass is 281 g/mol. The van der Waals surface area contributed by atoms with Crippen LogP contribution in [0.5, 0.6) is 0 Å². The van der Waals surface area contributed by atoms with Crippen LogP contribution in [0.1, 0.15) is 26.7 Å². The van der Waals surface area contributed by atoms with Gasteiger partial charge in [0.15, 0.2) is 5.16 Å². The van der Waals surface area contributed by atoms with Crippen LogP contribution in [0, 0.1) is 0 Å². The van der Waals surface area contributed by atoms with Crippen molar-refractivity contribution in [2.45, 2.75) is 43.9 Å². The molecule has 1 aromatic heterocycles. The largest absolute Gasteiger partial charge is 0.383 e. The number of nitrogen functional groups attached to an aromatic ring is 1. The normalized spacial score (nSPS) is 20.1. The van der Waals surface area contributed by atoms with Gasteiger partial charge in [-0.05, 0) is 39.5 Å². The number of thioether (sulfide) groups is 1. The van der Waals surface area contributed by atoms with E-state index >= 15 is 0 Å². The fourth-order valence-corrected chi connectivity index (χ4v) is 2.99. The highest BCUT2D eigenvalue weighted by atomic mass is 32.2. The molecule has 0 radical (unpaired) electrons. The Labute approximate surface area is 119 Å². The third-order valence-corrected chi connectivity index (χ3v) is 4.06. The lowest BCUT2D eigenvalue weighted by atomic mass is 10.2. The van der Waals surface area contributed by atoms with E-state index in [1.807, 2.05) is 6.26 Å². The molecule has 1 saturated heterocycles. The number of rotatable bonds is 5. The highest BCUT2D eigenvalue weighted by molar-refractivity contribution is 7.98. The number of anilines is 2. The van der Waals surface area contributed by atoms with E-state index in [1.54, 1.807) is 6.07 Å². The zero-order chi connectivity index (χ0) is 13.8. The first-order valence-corrected chi connectivity index (χ1v) is 8.00. The quantitative estimate of drug-likeness (QED) is 0.636. The SMILES string of the molecule is CSc1nc(N)cc(NCC2CCCN2C(C)C)n1. The fourth-order valence-electron chi connectivity index (χ4n) is 2.60. The van der Waals surface area contributed by atoms with E-state index in [-0.39, 0.29) is 0 Å². The molecule has 1 unspecified atom stereocenters. The van der Waals surface area contributed by atoms with Crippen LogP contribution >= 0.6 is 11.8 Å². The van der Waals surface area contributed by atoms with Gasteiger partial charge in [-0.3, -0.25) is 4.90 Å². The van der Waals surface area contributed by atoms with Crippen LogP contribution < -0.4 is 11.1 Å². The summed E-state index contributed by atoms with van der Waals surface area (Å²) >= 11 is 1.51. The minimum absolute atomic E-state index is 0.522. The van der Waals surface area contributed by atoms with Crippen molar-refractivity contribution in [3.8, 4) is 0 Å². The van der Waals surface area contributed by atoms with Crippen molar-refractivity contribution in [3.63, 3.8) is 0 Å². The summed E-state index contributed by atoms with van der Waals surface area (Å²) in [5.74, 6) is 1.35. The molecule has 5 nitrogen and oxygen atoms in total. The van der Waals surface area contributed by atoms with Crippen molar-refractivity contribution < 1.29 is 0 Å². The van der Waals surface area contributed by atoms with Gasteiger partial charge in [-0.25, -0.2) is 9.97 Å². The van der Waals surface area contributed by atoms with Gasteiger partial charge in [-0.1, -0.05) is 11.8 Å². The zero-order valence-electron chi connectivity index (χ0n) is 11.9. The zero-order valence-corrected chi connectivity index (χ0v) is 12.7. The van der Waals surface area contributed by atoms with E-state index in [0.717, 1.165) is 17.5 Å².